The quantitative estimate of drug-likeness (QED) is 0.172. The van der Waals surface area contributed by atoms with Gasteiger partial charge in [0.05, 0.1) is 33.2 Å². The van der Waals surface area contributed by atoms with Crippen molar-refractivity contribution in [1.29, 1.82) is 0 Å². The van der Waals surface area contributed by atoms with Crippen LogP contribution in [0.25, 0.3) is 55.0 Å². The smallest absolute Gasteiger partial charge is 0.202 e. The second-order valence-electron chi connectivity index (χ2n) is 12.7. The van der Waals surface area contributed by atoms with Gasteiger partial charge in [-0.15, -0.1) is 0 Å². The third kappa shape index (κ3) is 3.03. The normalized spacial score (nSPS) is 14.0. The van der Waals surface area contributed by atoms with Crippen LogP contribution in [0.3, 0.4) is 0 Å². The molecule has 2 aromatic heterocycles. The Labute approximate surface area is 274 Å². The summed E-state index contributed by atoms with van der Waals surface area (Å²) in [5, 5.41) is 3.37. The maximum Gasteiger partial charge on any atom is 0.202 e. The first-order chi connectivity index (χ1) is 23.7. The van der Waals surface area contributed by atoms with Crippen molar-refractivity contribution in [3.63, 3.8) is 0 Å². The van der Waals surface area contributed by atoms with E-state index in [1.165, 1.54) is 16.7 Å². The van der Waals surface area contributed by atoms with Gasteiger partial charge in [-0.05, 0) is 70.3 Å². The minimum atomic E-state index is -0.620. The zero-order chi connectivity index (χ0) is 31.6. The molecule has 3 heterocycles. The number of anilines is 3. The molecule has 1 aliphatic carbocycles. The van der Waals surface area contributed by atoms with Crippen molar-refractivity contribution in [3.8, 4) is 11.1 Å². The highest BCUT2D eigenvalue weighted by Gasteiger charge is 2.52. The van der Waals surface area contributed by atoms with E-state index >= 15 is 0 Å². The Balaban J connectivity index is 1.28. The number of para-hydroxylation sites is 4. The Hall–Kier alpha value is -6.39. The van der Waals surface area contributed by atoms with Crippen LogP contribution in [-0.2, 0) is 5.41 Å². The van der Waals surface area contributed by atoms with Gasteiger partial charge in [0.2, 0.25) is 5.43 Å². The SMILES string of the molecule is O=c1c2ccccc2oc2cccc(N3c4ccccc4C4(c5ccccc5-c5c4ccc4c5oc5ccccc54)c4ccccc43)c12. The minimum Gasteiger partial charge on any atom is -0.456 e. The van der Waals surface area contributed by atoms with Crippen molar-refractivity contribution in [3.05, 3.63) is 184 Å². The summed E-state index contributed by atoms with van der Waals surface area (Å²) in [6, 6.07) is 52.2. The Bertz CT molecular complexity index is 2850. The number of rotatable bonds is 1. The highest BCUT2D eigenvalue weighted by atomic mass is 16.3. The van der Waals surface area contributed by atoms with Crippen molar-refractivity contribution < 1.29 is 8.83 Å². The van der Waals surface area contributed by atoms with Crippen LogP contribution in [0, 0.1) is 0 Å². The van der Waals surface area contributed by atoms with Crippen LogP contribution < -0.4 is 10.3 Å². The topological polar surface area (TPSA) is 46.6 Å². The molecule has 0 saturated carbocycles. The van der Waals surface area contributed by atoms with Gasteiger partial charge in [0.15, 0.2) is 0 Å². The Morgan fingerprint density at radius 1 is 0.438 bits per heavy atom. The average molecular weight is 616 g/mol. The number of furan rings is 1. The third-order valence-corrected chi connectivity index (χ3v) is 10.5. The van der Waals surface area contributed by atoms with Crippen molar-refractivity contribution >= 4 is 60.9 Å². The number of hydrogen-bond donors (Lipinski definition) is 0. The van der Waals surface area contributed by atoms with Gasteiger partial charge in [-0.2, -0.15) is 0 Å². The summed E-state index contributed by atoms with van der Waals surface area (Å²) in [6.07, 6.45) is 0. The van der Waals surface area contributed by atoms with Crippen LogP contribution in [0.2, 0.25) is 0 Å². The van der Waals surface area contributed by atoms with E-state index in [2.05, 4.69) is 102 Å². The van der Waals surface area contributed by atoms with Crippen LogP contribution in [0.4, 0.5) is 17.1 Å². The lowest BCUT2D eigenvalue weighted by Crippen LogP contribution is -2.36. The van der Waals surface area contributed by atoms with Crippen LogP contribution >= 0.6 is 0 Å². The lowest BCUT2D eigenvalue weighted by molar-refractivity contribution is 0.660. The maximum atomic E-state index is 14.3. The lowest BCUT2D eigenvalue weighted by Gasteiger charge is -2.45. The van der Waals surface area contributed by atoms with E-state index in [9.17, 15) is 4.79 Å². The first kappa shape index (κ1) is 25.8. The van der Waals surface area contributed by atoms with E-state index in [0.717, 1.165) is 55.7 Å². The molecule has 0 amide bonds. The number of benzene rings is 7. The Morgan fingerprint density at radius 2 is 1.02 bits per heavy atom. The summed E-state index contributed by atoms with van der Waals surface area (Å²) >= 11 is 0. The summed E-state index contributed by atoms with van der Waals surface area (Å²) in [4.78, 5) is 16.5. The van der Waals surface area contributed by atoms with Gasteiger partial charge in [0.1, 0.15) is 22.3 Å². The van der Waals surface area contributed by atoms with Gasteiger partial charge >= 0.3 is 0 Å². The minimum absolute atomic E-state index is 0.0402. The standard InChI is InChI=1S/C44H25NO3/c46-42-29-14-3-10-22-38(29)47-39-23-11-20-36(41(39)42)45-34-18-7-5-16-31(34)44(32-17-6-8-19-35(32)45)30-15-4-1-13-28(30)40-33(44)25-24-27-26-12-2-9-21-37(26)48-43(27)40/h1-25H. The van der Waals surface area contributed by atoms with Gasteiger partial charge in [-0.1, -0.05) is 109 Å². The molecule has 11 rings (SSSR count). The molecule has 0 N–H and O–H groups in total. The fourth-order valence-corrected chi connectivity index (χ4v) is 8.64. The predicted octanol–water partition coefficient (Wildman–Crippen LogP) is 11.0. The molecule has 0 unspecified atom stereocenters. The first-order valence-electron chi connectivity index (χ1n) is 16.2. The molecule has 0 radical (unpaired) electrons. The van der Waals surface area contributed by atoms with Crippen molar-refractivity contribution in [2.45, 2.75) is 5.41 Å². The van der Waals surface area contributed by atoms with Gasteiger partial charge in [0.25, 0.3) is 0 Å². The number of hydrogen-bond acceptors (Lipinski definition) is 4. The summed E-state index contributed by atoms with van der Waals surface area (Å²) in [5.41, 5.74) is 12.1. The van der Waals surface area contributed by atoms with Crippen LogP contribution in [0.15, 0.2) is 165 Å². The van der Waals surface area contributed by atoms with Gasteiger partial charge < -0.3 is 13.7 Å². The zero-order valence-corrected chi connectivity index (χ0v) is 25.6. The second kappa shape index (κ2) is 9.11. The molecular weight excluding hydrogens is 590 g/mol. The third-order valence-electron chi connectivity index (χ3n) is 10.5. The van der Waals surface area contributed by atoms with Crippen molar-refractivity contribution in [2.75, 3.05) is 4.90 Å². The molecular formula is C44H25NO3. The highest BCUT2D eigenvalue weighted by molar-refractivity contribution is 6.13. The number of fused-ring (bicyclic) bond motifs is 15. The summed E-state index contributed by atoms with van der Waals surface area (Å²) in [6.45, 7) is 0. The molecule has 1 spiro atoms. The Kier molecular flexibility index (Phi) is 4.89. The van der Waals surface area contributed by atoms with Crippen LogP contribution in [-0.4, -0.2) is 0 Å². The molecule has 1 aliphatic heterocycles. The largest absolute Gasteiger partial charge is 0.456 e. The van der Waals surface area contributed by atoms with E-state index in [0.29, 0.717) is 21.9 Å². The fourth-order valence-electron chi connectivity index (χ4n) is 8.64. The predicted molar refractivity (Wildman–Crippen MR) is 193 cm³/mol. The van der Waals surface area contributed by atoms with E-state index in [-0.39, 0.29) is 5.43 Å². The number of nitrogens with zero attached hydrogens (tertiary/aromatic N) is 1. The molecule has 4 heteroatoms. The molecule has 224 valence electrons. The molecule has 0 atom stereocenters. The van der Waals surface area contributed by atoms with Gasteiger partial charge in [0, 0.05) is 16.3 Å². The van der Waals surface area contributed by atoms with E-state index in [1.807, 2.05) is 54.6 Å². The first-order valence-corrected chi connectivity index (χ1v) is 16.2. The van der Waals surface area contributed by atoms with Gasteiger partial charge in [-0.25, -0.2) is 0 Å². The van der Waals surface area contributed by atoms with Crippen LogP contribution in [0.5, 0.6) is 0 Å². The van der Waals surface area contributed by atoms with Gasteiger partial charge in [-0.3, -0.25) is 4.79 Å². The van der Waals surface area contributed by atoms with Crippen molar-refractivity contribution in [1.82, 2.24) is 0 Å². The zero-order valence-electron chi connectivity index (χ0n) is 25.6. The van der Waals surface area contributed by atoms with Crippen LogP contribution in [0.1, 0.15) is 22.3 Å². The fraction of sp³-hybridized carbons (Fsp3) is 0.0227. The van der Waals surface area contributed by atoms with E-state index < -0.39 is 5.41 Å². The highest BCUT2D eigenvalue weighted by Crippen LogP contribution is 2.64. The summed E-state index contributed by atoms with van der Waals surface area (Å²) in [5.74, 6) is 0. The summed E-state index contributed by atoms with van der Waals surface area (Å²) in [7, 11) is 0. The summed E-state index contributed by atoms with van der Waals surface area (Å²) < 4.78 is 13.0. The molecule has 4 nitrogen and oxygen atoms in total. The molecule has 48 heavy (non-hydrogen) atoms. The maximum absolute atomic E-state index is 14.3. The molecule has 0 fully saturated rings. The molecule has 0 saturated heterocycles. The van der Waals surface area contributed by atoms with Crippen molar-refractivity contribution in [2.24, 2.45) is 0 Å². The monoisotopic (exact) mass is 615 g/mol. The second-order valence-corrected chi connectivity index (χ2v) is 12.7. The Morgan fingerprint density at radius 3 is 1.79 bits per heavy atom. The molecule has 0 bridgehead atoms. The van der Waals surface area contributed by atoms with E-state index in [4.69, 9.17) is 8.83 Å². The molecule has 9 aromatic rings. The molecule has 7 aromatic carbocycles. The van der Waals surface area contributed by atoms with E-state index in [1.54, 1.807) is 0 Å². The lowest BCUT2D eigenvalue weighted by atomic mass is 9.64. The average Bonchev–Trinajstić information content (AvgIpc) is 3.66. The molecule has 2 aliphatic rings.